The maximum Gasteiger partial charge on any atom is 0.361 e. The molecule has 0 aromatic heterocycles. The summed E-state index contributed by atoms with van der Waals surface area (Å²) < 4.78 is 0. The van der Waals surface area contributed by atoms with E-state index in [0.717, 1.165) is 17.1 Å². The summed E-state index contributed by atoms with van der Waals surface area (Å²) in [5.74, 6) is 2.24. The molecule has 1 saturated heterocycles. The van der Waals surface area contributed by atoms with Crippen LogP contribution in [-0.2, 0) is 10.9 Å². The van der Waals surface area contributed by atoms with Gasteiger partial charge in [0, 0.05) is 0 Å². The molecule has 0 saturated carbocycles. The van der Waals surface area contributed by atoms with Gasteiger partial charge in [-0.3, -0.25) is 0 Å². The molecule has 0 radical (unpaired) electrons. The molecule has 14 heavy (non-hydrogen) atoms. The van der Waals surface area contributed by atoms with Crippen LogP contribution in [0.3, 0.4) is 0 Å². The highest BCUT2D eigenvalue weighted by Crippen LogP contribution is 2.18. The van der Waals surface area contributed by atoms with Gasteiger partial charge in [-0.1, -0.05) is 17.7 Å². The fourth-order valence-electron chi connectivity index (χ4n) is 1.70. The molecule has 1 aliphatic rings. The van der Waals surface area contributed by atoms with Crippen molar-refractivity contribution in [3.63, 3.8) is 0 Å². The Kier molecular flexibility index (Phi) is 2.92. The van der Waals surface area contributed by atoms with Crippen LogP contribution < -0.4 is 0 Å². The minimum absolute atomic E-state index is 0.0315. The van der Waals surface area contributed by atoms with Crippen molar-refractivity contribution in [1.82, 2.24) is 0 Å². The van der Waals surface area contributed by atoms with Gasteiger partial charge in [0.2, 0.25) is 0 Å². The summed E-state index contributed by atoms with van der Waals surface area (Å²) in [6, 6.07) is 7.96. The molecule has 1 aromatic rings. The highest BCUT2D eigenvalue weighted by atomic mass is 32.2. The summed E-state index contributed by atoms with van der Waals surface area (Å²) in [6.45, 7) is 2.05. The molecule has 0 N–H and O–H groups in total. The fourth-order valence-corrected chi connectivity index (χ4v) is 3.85. The molecular weight excluding hydrogens is 192 g/mol. The molecular formula is C12H15OS+. The zero-order chi connectivity index (χ0) is 9.97. The first kappa shape index (κ1) is 9.78. The molecule has 0 spiro atoms. The Morgan fingerprint density at radius 3 is 2.29 bits per heavy atom. The molecule has 1 aliphatic heterocycles. The van der Waals surface area contributed by atoms with Crippen LogP contribution in [0.25, 0.3) is 0 Å². The van der Waals surface area contributed by atoms with E-state index < -0.39 is 0 Å². The van der Waals surface area contributed by atoms with Crippen molar-refractivity contribution >= 4 is 16.0 Å². The lowest BCUT2D eigenvalue weighted by molar-refractivity contribution is 0.108. The summed E-state index contributed by atoms with van der Waals surface area (Å²) >= 11 is 0. The van der Waals surface area contributed by atoms with E-state index in [-0.39, 0.29) is 10.9 Å². The second kappa shape index (κ2) is 4.18. The molecule has 1 fully saturated rings. The van der Waals surface area contributed by atoms with Crippen molar-refractivity contribution in [1.29, 1.82) is 0 Å². The predicted molar refractivity (Wildman–Crippen MR) is 61.8 cm³/mol. The molecule has 1 heterocycles. The first-order chi connectivity index (χ1) is 6.77. The van der Waals surface area contributed by atoms with Crippen LogP contribution in [-0.4, -0.2) is 16.6 Å². The summed E-state index contributed by atoms with van der Waals surface area (Å²) in [5.41, 5.74) is 2.12. The summed E-state index contributed by atoms with van der Waals surface area (Å²) in [4.78, 5) is 12.0. The number of rotatable bonds is 1. The third-order valence-electron chi connectivity index (χ3n) is 2.58. The Bertz CT molecular complexity index is 323. The lowest BCUT2D eigenvalue weighted by atomic mass is 10.2. The number of carbonyl (C=O) groups is 1. The average molecular weight is 207 g/mol. The standard InChI is InChI=1S/C12H15OS/c1-10-4-6-11(7-5-10)12(13)14-8-2-3-9-14/h4-7H,2-3,8-9H2,1H3/q+1. The fraction of sp³-hybridized carbons (Fsp3) is 0.417. The van der Waals surface area contributed by atoms with Gasteiger partial charge >= 0.3 is 5.12 Å². The first-order valence-electron chi connectivity index (χ1n) is 5.06. The van der Waals surface area contributed by atoms with Crippen LogP contribution in [0.4, 0.5) is 0 Å². The lowest BCUT2D eigenvalue weighted by Gasteiger charge is -1.99. The lowest BCUT2D eigenvalue weighted by Crippen LogP contribution is -2.16. The van der Waals surface area contributed by atoms with Gasteiger partial charge in [0.1, 0.15) is 11.5 Å². The van der Waals surface area contributed by atoms with Crippen LogP contribution in [0.5, 0.6) is 0 Å². The summed E-state index contributed by atoms with van der Waals surface area (Å²) in [5, 5.41) is 0.377. The molecule has 0 atom stereocenters. The molecule has 74 valence electrons. The van der Waals surface area contributed by atoms with E-state index in [0.29, 0.717) is 5.12 Å². The van der Waals surface area contributed by atoms with Gasteiger partial charge in [-0.25, -0.2) is 4.79 Å². The highest BCUT2D eigenvalue weighted by Gasteiger charge is 2.33. The van der Waals surface area contributed by atoms with Gasteiger partial charge in [0.05, 0.1) is 16.5 Å². The third-order valence-corrected chi connectivity index (χ3v) is 4.90. The van der Waals surface area contributed by atoms with E-state index in [9.17, 15) is 4.79 Å². The first-order valence-corrected chi connectivity index (χ1v) is 6.62. The van der Waals surface area contributed by atoms with E-state index in [1.165, 1.54) is 18.4 Å². The number of benzene rings is 1. The molecule has 0 unspecified atom stereocenters. The Morgan fingerprint density at radius 1 is 1.14 bits per heavy atom. The normalized spacial score (nSPS) is 17.2. The quantitative estimate of drug-likeness (QED) is 0.647. The van der Waals surface area contributed by atoms with E-state index in [4.69, 9.17) is 0 Å². The van der Waals surface area contributed by atoms with E-state index in [1.807, 2.05) is 31.2 Å². The number of carbonyl (C=O) groups excluding carboxylic acids is 1. The number of hydrogen-bond acceptors (Lipinski definition) is 1. The zero-order valence-electron chi connectivity index (χ0n) is 8.45. The van der Waals surface area contributed by atoms with Crippen molar-refractivity contribution in [3.8, 4) is 0 Å². The Hall–Kier alpha value is -0.760. The maximum absolute atomic E-state index is 12.0. The van der Waals surface area contributed by atoms with Crippen LogP contribution in [0.1, 0.15) is 28.8 Å². The highest BCUT2D eigenvalue weighted by molar-refractivity contribution is 8.11. The van der Waals surface area contributed by atoms with Crippen molar-refractivity contribution in [2.75, 3.05) is 11.5 Å². The minimum atomic E-state index is 0.0315. The largest absolute Gasteiger partial charge is 0.361 e. The molecule has 1 nitrogen and oxygen atoms in total. The van der Waals surface area contributed by atoms with Crippen LogP contribution >= 0.6 is 0 Å². The SMILES string of the molecule is Cc1ccc(C(=O)[S+]2CCCC2)cc1. The van der Waals surface area contributed by atoms with Crippen molar-refractivity contribution in [2.24, 2.45) is 0 Å². The van der Waals surface area contributed by atoms with Crippen LogP contribution in [0, 0.1) is 6.92 Å². The van der Waals surface area contributed by atoms with Gasteiger partial charge in [-0.2, -0.15) is 0 Å². The Morgan fingerprint density at radius 2 is 1.71 bits per heavy atom. The van der Waals surface area contributed by atoms with Crippen LogP contribution in [0.2, 0.25) is 0 Å². The van der Waals surface area contributed by atoms with Gasteiger partial charge in [-0.05, 0) is 31.9 Å². The molecule has 2 rings (SSSR count). The monoisotopic (exact) mass is 207 g/mol. The number of hydrogen-bond donors (Lipinski definition) is 0. The number of aryl methyl sites for hydroxylation is 1. The molecule has 0 aliphatic carbocycles. The minimum Gasteiger partial charge on any atom is -0.232 e. The molecule has 0 bridgehead atoms. The van der Waals surface area contributed by atoms with Crippen molar-refractivity contribution in [2.45, 2.75) is 19.8 Å². The second-order valence-corrected chi connectivity index (χ2v) is 5.93. The van der Waals surface area contributed by atoms with Gasteiger partial charge in [-0.15, -0.1) is 0 Å². The third kappa shape index (κ3) is 2.01. The predicted octanol–water partition coefficient (Wildman–Crippen LogP) is 2.55. The zero-order valence-corrected chi connectivity index (χ0v) is 9.27. The van der Waals surface area contributed by atoms with Crippen LogP contribution in [0.15, 0.2) is 24.3 Å². The van der Waals surface area contributed by atoms with Gasteiger partial charge in [0.25, 0.3) is 0 Å². The molecule has 1 aromatic carbocycles. The average Bonchev–Trinajstić information content (AvgIpc) is 2.71. The van der Waals surface area contributed by atoms with E-state index >= 15 is 0 Å². The second-order valence-electron chi connectivity index (χ2n) is 3.76. The topological polar surface area (TPSA) is 17.1 Å². The Balaban J connectivity index is 2.14. The van der Waals surface area contributed by atoms with E-state index in [1.54, 1.807) is 0 Å². The maximum atomic E-state index is 12.0. The molecule has 2 heteroatoms. The Labute approximate surface area is 87.9 Å². The van der Waals surface area contributed by atoms with E-state index in [2.05, 4.69) is 0 Å². The van der Waals surface area contributed by atoms with Gasteiger partial charge < -0.3 is 0 Å². The summed E-state index contributed by atoms with van der Waals surface area (Å²) in [6.07, 6.45) is 2.47. The summed E-state index contributed by atoms with van der Waals surface area (Å²) in [7, 11) is 0.0315. The van der Waals surface area contributed by atoms with Gasteiger partial charge in [0.15, 0.2) is 0 Å². The van der Waals surface area contributed by atoms with Crippen molar-refractivity contribution < 1.29 is 4.79 Å². The smallest absolute Gasteiger partial charge is 0.232 e. The van der Waals surface area contributed by atoms with Crippen molar-refractivity contribution in [3.05, 3.63) is 35.4 Å². The molecule has 0 amide bonds.